The molecule has 0 unspecified atom stereocenters. The third-order valence-corrected chi connectivity index (χ3v) is 2.07. The Morgan fingerprint density at radius 2 is 1.58 bits per heavy atom. The maximum Gasteiger partial charge on any atom is 0.0638 e. The molecule has 0 saturated carbocycles. The molecule has 0 radical (unpaired) electrons. The zero-order valence-corrected chi connectivity index (χ0v) is 9.45. The number of aromatic nitrogens is 1. The van der Waals surface area contributed by atoms with Crippen LogP contribution in [-0.4, -0.2) is 4.98 Å². The third-order valence-electron chi connectivity index (χ3n) is 1.47. The molecule has 1 heterocycles. The average Bonchev–Trinajstić information content (AvgIpc) is 1.85. The number of hydrogen-bond acceptors (Lipinski definition) is 1. The second kappa shape index (κ2) is 4.95. The van der Waals surface area contributed by atoms with Crippen LogP contribution in [0.1, 0.15) is 25.3 Å². The van der Waals surface area contributed by atoms with Crippen LogP contribution < -0.4 is 0 Å². The molecule has 0 bridgehead atoms. The van der Waals surface area contributed by atoms with E-state index in [0.29, 0.717) is 16.0 Å². The second-order valence-corrected chi connectivity index (χ2v) is 3.49. The number of nitrogens with zero attached hydrogens (tertiary/aromatic N) is 1. The molecule has 12 heavy (non-hydrogen) atoms. The van der Waals surface area contributed by atoms with E-state index >= 15 is 0 Å². The normalized spacial score (nSPS) is 9.75. The van der Waals surface area contributed by atoms with Crippen molar-refractivity contribution in [2.75, 3.05) is 0 Å². The predicted octanol–water partition coefficient (Wildman–Crippen LogP) is 3.62. The first-order chi connectivity index (χ1) is 5.13. The number of hydrogen-bond donors (Lipinski definition) is 0. The monoisotopic (exact) mass is 223 g/mol. The van der Waals surface area contributed by atoms with Gasteiger partial charge in [0.25, 0.3) is 0 Å². The molecule has 0 aromatic carbocycles. The van der Waals surface area contributed by atoms with Gasteiger partial charge in [0.2, 0.25) is 0 Å². The summed E-state index contributed by atoms with van der Waals surface area (Å²) in [6.07, 6.45) is 3.23. The average molecular weight is 224 g/mol. The van der Waals surface area contributed by atoms with Crippen molar-refractivity contribution in [2.24, 2.45) is 0 Å². The number of pyridine rings is 1. The van der Waals surface area contributed by atoms with Gasteiger partial charge in [0.05, 0.1) is 10.0 Å². The lowest BCUT2D eigenvalue weighted by Gasteiger charge is -2.08. The van der Waals surface area contributed by atoms with Gasteiger partial charge in [-0.2, -0.15) is 13.5 Å². The van der Waals surface area contributed by atoms with Crippen molar-refractivity contribution in [2.45, 2.75) is 19.8 Å². The van der Waals surface area contributed by atoms with Gasteiger partial charge < -0.3 is 0 Å². The van der Waals surface area contributed by atoms with Crippen LogP contribution in [0.5, 0.6) is 0 Å². The minimum atomic E-state index is 0. The van der Waals surface area contributed by atoms with E-state index in [9.17, 15) is 0 Å². The van der Waals surface area contributed by atoms with Crippen molar-refractivity contribution in [3.8, 4) is 0 Å². The van der Waals surface area contributed by atoms with Crippen LogP contribution in [0.25, 0.3) is 0 Å². The Hall–Kier alpha value is 0.0800. The molecule has 1 aromatic heterocycles. The molecule has 0 atom stereocenters. The summed E-state index contributed by atoms with van der Waals surface area (Å²) in [5, 5.41) is 1.29. The lowest BCUT2D eigenvalue weighted by atomic mass is 10.1. The Balaban J connectivity index is 0.00000121. The Bertz CT molecular complexity index is 243. The van der Waals surface area contributed by atoms with Crippen molar-refractivity contribution in [3.05, 3.63) is 28.0 Å². The molecule has 1 nitrogen and oxygen atoms in total. The highest BCUT2D eigenvalue weighted by atomic mass is 35.5. The molecule has 0 aliphatic carbocycles. The van der Waals surface area contributed by atoms with Crippen molar-refractivity contribution in [1.82, 2.24) is 4.98 Å². The van der Waals surface area contributed by atoms with Crippen LogP contribution in [0.2, 0.25) is 10.0 Å². The zero-order valence-electron chi connectivity index (χ0n) is 6.94. The largest absolute Gasteiger partial charge is 0.262 e. The van der Waals surface area contributed by atoms with E-state index in [0.717, 1.165) is 5.56 Å². The van der Waals surface area contributed by atoms with Gasteiger partial charge >= 0.3 is 0 Å². The summed E-state index contributed by atoms with van der Waals surface area (Å²) in [5.74, 6) is 0.345. The Labute approximate surface area is 89.5 Å². The smallest absolute Gasteiger partial charge is 0.0638 e. The van der Waals surface area contributed by atoms with E-state index < -0.39 is 0 Å². The van der Waals surface area contributed by atoms with Gasteiger partial charge in [0.1, 0.15) is 0 Å². The van der Waals surface area contributed by atoms with Gasteiger partial charge in [0.15, 0.2) is 0 Å². The van der Waals surface area contributed by atoms with Crippen molar-refractivity contribution in [3.63, 3.8) is 0 Å². The van der Waals surface area contributed by atoms with Crippen molar-refractivity contribution in [1.29, 1.82) is 0 Å². The molecule has 1 aromatic rings. The minimum absolute atomic E-state index is 0. The highest BCUT2D eigenvalue weighted by Gasteiger charge is 2.08. The number of rotatable bonds is 1. The topological polar surface area (TPSA) is 12.9 Å². The molecule has 0 fully saturated rings. The first-order valence-electron chi connectivity index (χ1n) is 3.42. The van der Waals surface area contributed by atoms with Gasteiger partial charge in [-0.3, -0.25) is 4.98 Å². The predicted molar refractivity (Wildman–Crippen MR) is 58.7 cm³/mol. The molecule has 68 valence electrons. The van der Waals surface area contributed by atoms with Crippen LogP contribution in [0.15, 0.2) is 12.4 Å². The summed E-state index contributed by atoms with van der Waals surface area (Å²) in [7, 11) is 0. The highest BCUT2D eigenvalue weighted by molar-refractivity contribution is 7.59. The molecule has 0 saturated heterocycles. The fraction of sp³-hybridized carbons (Fsp3) is 0.375. The molecule has 0 N–H and O–H groups in total. The minimum Gasteiger partial charge on any atom is -0.262 e. The summed E-state index contributed by atoms with van der Waals surface area (Å²) in [4.78, 5) is 3.86. The molecular weight excluding hydrogens is 213 g/mol. The zero-order chi connectivity index (χ0) is 8.43. The molecule has 0 aliphatic heterocycles. The van der Waals surface area contributed by atoms with E-state index in [1.165, 1.54) is 0 Å². The maximum absolute atomic E-state index is 5.88. The van der Waals surface area contributed by atoms with Crippen molar-refractivity contribution < 1.29 is 0 Å². The fourth-order valence-corrected chi connectivity index (χ4v) is 1.77. The summed E-state index contributed by atoms with van der Waals surface area (Å²) < 4.78 is 0. The van der Waals surface area contributed by atoms with Crippen LogP contribution in [-0.2, 0) is 0 Å². The first-order valence-corrected chi connectivity index (χ1v) is 4.17. The molecule has 1 rings (SSSR count). The Morgan fingerprint density at radius 3 is 1.83 bits per heavy atom. The summed E-state index contributed by atoms with van der Waals surface area (Å²) in [5.41, 5.74) is 0.975. The third kappa shape index (κ3) is 2.54. The van der Waals surface area contributed by atoms with Gasteiger partial charge in [-0.25, -0.2) is 0 Å². The van der Waals surface area contributed by atoms with Gasteiger partial charge in [0, 0.05) is 12.4 Å². The second-order valence-electron chi connectivity index (χ2n) is 2.67. The fourth-order valence-electron chi connectivity index (χ4n) is 0.973. The lowest BCUT2D eigenvalue weighted by Crippen LogP contribution is -1.91. The highest BCUT2D eigenvalue weighted by Crippen LogP contribution is 2.29. The Kier molecular flexibility index (Phi) is 4.98. The van der Waals surface area contributed by atoms with Gasteiger partial charge in [-0.15, -0.1) is 0 Å². The molecule has 0 amide bonds. The number of halogens is 2. The molecular formula is C8H11Cl2NS. The molecule has 4 heteroatoms. The van der Waals surface area contributed by atoms with Crippen LogP contribution in [0, 0.1) is 0 Å². The summed E-state index contributed by atoms with van der Waals surface area (Å²) in [6, 6.07) is 0. The first kappa shape index (κ1) is 12.1. The maximum atomic E-state index is 5.88. The standard InChI is InChI=1S/C8H9Cl2N.H2S/c1-5(2)8-6(9)3-11-4-7(8)10;/h3-5H,1-2H3;1H2. The molecule has 0 spiro atoms. The quantitative estimate of drug-likeness (QED) is 0.709. The van der Waals surface area contributed by atoms with Crippen LogP contribution in [0.4, 0.5) is 0 Å². The van der Waals surface area contributed by atoms with Gasteiger partial charge in [-0.05, 0) is 11.5 Å². The Morgan fingerprint density at radius 1 is 1.17 bits per heavy atom. The van der Waals surface area contributed by atoms with Crippen molar-refractivity contribution >= 4 is 36.7 Å². The van der Waals surface area contributed by atoms with E-state index in [1.54, 1.807) is 12.4 Å². The SMILES string of the molecule is CC(C)c1c(Cl)cncc1Cl.S. The van der Waals surface area contributed by atoms with Gasteiger partial charge in [-0.1, -0.05) is 37.0 Å². The van der Waals surface area contributed by atoms with Crippen LogP contribution in [0.3, 0.4) is 0 Å². The van der Waals surface area contributed by atoms with E-state index in [1.807, 2.05) is 13.8 Å². The van der Waals surface area contributed by atoms with E-state index in [-0.39, 0.29) is 13.5 Å². The van der Waals surface area contributed by atoms with E-state index in [4.69, 9.17) is 23.2 Å². The summed E-state index contributed by atoms with van der Waals surface area (Å²) in [6.45, 7) is 4.10. The summed E-state index contributed by atoms with van der Waals surface area (Å²) >= 11 is 11.8. The van der Waals surface area contributed by atoms with Crippen LogP contribution >= 0.6 is 36.7 Å². The lowest BCUT2D eigenvalue weighted by molar-refractivity contribution is 0.863. The molecule has 0 aliphatic rings. The van der Waals surface area contributed by atoms with E-state index in [2.05, 4.69) is 4.98 Å².